The van der Waals surface area contributed by atoms with Crippen LogP contribution >= 0.6 is 0 Å². The van der Waals surface area contributed by atoms with E-state index < -0.39 is 17.5 Å². The molecule has 1 atom stereocenters. The zero-order chi connectivity index (χ0) is 26.2. The second-order valence-electron chi connectivity index (χ2n) is 9.05. The Hall–Kier alpha value is -4.72. The minimum Gasteiger partial charge on any atom is -0.497 e. The van der Waals surface area contributed by atoms with E-state index in [0.29, 0.717) is 48.5 Å². The molecule has 3 aliphatic rings. The number of carbonyl (C=O) groups is 4. The van der Waals surface area contributed by atoms with Crippen molar-refractivity contribution < 1.29 is 23.9 Å². The summed E-state index contributed by atoms with van der Waals surface area (Å²) in [7, 11) is 1.52. The summed E-state index contributed by atoms with van der Waals surface area (Å²) in [6, 6.07) is 7.84. The standard InChI is InChI=1S/C26H24N6O5/c1-37-19-4-3-17-14-32(23(34)20(17)12-19)15-26(24(35)29-25(36)30-26)9-6-16-2-5-21(28-13-16)22(27)31-10-7-18(33)8-11-31/h2-5,12-13,27H,7-8,10-11,14-15H2,1H3,(H2,29,30,35,36)/t26-/m1/s1. The Morgan fingerprint density at radius 2 is 1.95 bits per heavy atom. The van der Waals surface area contributed by atoms with E-state index in [-0.39, 0.29) is 30.6 Å². The number of carbonyl (C=O) groups excluding carboxylic acids is 4. The molecule has 3 aliphatic heterocycles. The number of hydrogen-bond donors (Lipinski definition) is 3. The number of benzene rings is 1. The van der Waals surface area contributed by atoms with Crippen LogP contribution in [0, 0.1) is 17.3 Å². The van der Waals surface area contributed by atoms with Gasteiger partial charge in [-0.2, -0.15) is 0 Å². The van der Waals surface area contributed by atoms with Crippen LogP contribution in [-0.2, 0) is 16.1 Å². The summed E-state index contributed by atoms with van der Waals surface area (Å²) in [6.07, 6.45) is 2.32. The first-order valence-corrected chi connectivity index (χ1v) is 11.7. The molecule has 1 aromatic heterocycles. The lowest BCUT2D eigenvalue weighted by Gasteiger charge is -2.27. The third kappa shape index (κ3) is 4.61. The van der Waals surface area contributed by atoms with E-state index in [2.05, 4.69) is 27.5 Å². The fraction of sp³-hybridized carbons (Fsp3) is 0.308. The van der Waals surface area contributed by atoms with Crippen LogP contribution in [0.3, 0.4) is 0 Å². The van der Waals surface area contributed by atoms with Crippen molar-refractivity contribution in [1.29, 1.82) is 5.41 Å². The summed E-state index contributed by atoms with van der Waals surface area (Å²) in [5.74, 6) is 5.78. The number of hydrogen-bond acceptors (Lipinski definition) is 7. The maximum atomic E-state index is 13.0. The van der Waals surface area contributed by atoms with Crippen LogP contribution in [-0.4, -0.2) is 76.5 Å². The zero-order valence-corrected chi connectivity index (χ0v) is 20.1. The van der Waals surface area contributed by atoms with Gasteiger partial charge >= 0.3 is 6.03 Å². The molecule has 1 aromatic carbocycles. The number of pyridine rings is 1. The van der Waals surface area contributed by atoms with Gasteiger partial charge in [0.05, 0.1) is 13.7 Å². The number of nitrogens with zero attached hydrogens (tertiary/aromatic N) is 3. The average molecular weight is 501 g/mol. The number of fused-ring (bicyclic) bond motifs is 1. The summed E-state index contributed by atoms with van der Waals surface area (Å²) < 4.78 is 5.21. The molecule has 0 spiro atoms. The molecule has 0 radical (unpaired) electrons. The molecule has 5 rings (SSSR count). The predicted molar refractivity (Wildman–Crippen MR) is 131 cm³/mol. The van der Waals surface area contributed by atoms with E-state index in [1.807, 2.05) is 4.90 Å². The molecule has 2 fully saturated rings. The summed E-state index contributed by atoms with van der Waals surface area (Å²) >= 11 is 0. The quantitative estimate of drug-likeness (QED) is 0.242. The monoisotopic (exact) mass is 500 g/mol. The van der Waals surface area contributed by atoms with Gasteiger partial charge in [0, 0.05) is 49.8 Å². The summed E-state index contributed by atoms with van der Waals surface area (Å²) in [5, 5.41) is 13.2. The Labute approximate surface area is 212 Å². The number of ketones is 1. The van der Waals surface area contributed by atoms with Crippen molar-refractivity contribution in [2.45, 2.75) is 24.9 Å². The number of amidine groups is 1. The lowest BCUT2D eigenvalue weighted by atomic mass is 9.99. The molecule has 0 aliphatic carbocycles. The highest BCUT2D eigenvalue weighted by molar-refractivity contribution is 6.10. The molecular formula is C26H24N6O5. The number of urea groups is 1. The number of nitrogens with one attached hydrogen (secondary N) is 3. The second kappa shape index (κ2) is 9.39. The molecule has 4 heterocycles. The van der Waals surface area contributed by atoms with Gasteiger partial charge in [0.15, 0.2) is 0 Å². The van der Waals surface area contributed by atoms with Crippen molar-refractivity contribution in [2.24, 2.45) is 0 Å². The van der Waals surface area contributed by atoms with Gasteiger partial charge in [-0.15, -0.1) is 0 Å². The third-order valence-electron chi connectivity index (χ3n) is 6.63. The smallest absolute Gasteiger partial charge is 0.323 e. The zero-order valence-electron chi connectivity index (χ0n) is 20.1. The van der Waals surface area contributed by atoms with Crippen LogP contribution < -0.4 is 15.4 Å². The molecule has 2 aromatic rings. The molecule has 4 amide bonds. The van der Waals surface area contributed by atoms with Crippen LogP contribution in [0.4, 0.5) is 4.79 Å². The number of Topliss-reactive ketones (excluding diaryl/α,β-unsaturated/α-hetero) is 1. The minimum atomic E-state index is -1.63. The maximum absolute atomic E-state index is 13.0. The number of ether oxygens (including phenoxy) is 1. The Kier molecular flexibility index (Phi) is 6.09. The molecule has 0 saturated carbocycles. The first-order chi connectivity index (χ1) is 17.8. The van der Waals surface area contributed by atoms with Crippen LogP contribution in [0.15, 0.2) is 36.5 Å². The summed E-state index contributed by atoms with van der Waals surface area (Å²) in [4.78, 5) is 56.9. The van der Waals surface area contributed by atoms with E-state index in [1.165, 1.54) is 18.2 Å². The van der Waals surface area contributed by atoms with Crippen molar-refractivity contribution in [3.8, 4) is 17.6 Å². The van der Waals surface area contributed by atoms with E-state index in [0.717, 1.165) is 5.56 Å². The number of imide groups is 1. The fourth-order valence-electron chi connectivity index (χ4n) is 4.54. The van der Waals surface area contributed by atoms with Crippen molar-refractivity contribution in [2.75, 3.05) is 26.7 Å². The van der Waals surface area contributed by atoms with Crippen molar-refractivity contribution >= 4 is 29.5 Å². The Morgan fingerprint density at radius 1 is 1.16 bits per heavy atom. The van der Waals surface area contributed by atoms with Gasteiger partial charge in [0.25, 0.3) is 11.8 Å². The topological polar surface area (TPSA) is 145 Å². The molecule has 11 heteroatoms. The number of likely N-dealkylation sites (tertiary alicyclic amines) is 1. The normalized spacial score (nSPS) is 20.7. The van der Waals surface area contributed by atoms with Gasteiger partial charge < -0.3 is 19.9 Å². The van der Waals surface area contributed by atoms with Gasteiger partial charge in [0.1, 0.15) is 23.1 Å². The maximum Gasteiger partial charge on any atom is 0.323 e. The van der Waals surface area contributed by atoms with Gasteiger partial charge in [-0.25, -0.2) is 4.79 Å². The van der Waals surface area contributed by atoms with E-state index in [4.69, 9.17) is 10.1 Å². The lowest BCUT2D eigenvalue weighted by Crippen LogP contribution is -2.54. The Morgan fingerprint density at radius 3 is 2.59 bits per heavy atom. The average Bonchev–Trinajstić information content (AvgIpc) is 3.36. The number of rotatable bonds is 4. The first-order valence-electron chi connectivity index (χ1n) is 11.7. The highest BCUT2D eigenvalue weighted by atomic mass is 16.5. The Bertz CT molecular complexity index is 1380. The number of amides is 4. The predicted octanol–water partition coefficient (Wildman–Crippen LogP) is 0.666. The van der Waals surface area contributed by atoms with Crippen LogP contribution in [0.1, 0.15) is 40.0 Å². The van der Waals surface area contributed by atoms with Crippen LogP contribution in [0.25, 0.3) is 0 Å². The Balaban J connectivity index is 1.35. The van der Waals surface area contributed by atoms with Crippen molar-refractivity contribution in [1.82, 2.24) is 25.4 Å². The molecule has 0 unspecified atom stereocenters. The van der Waals surface area contributed by atoms with Crippen LogP contribution in [0.5, 0.6) is 5.75 Å². The largest absolute Gasteiger partial charge is 0.497 e. The molecule has 188 valence electrons. The molecule has 11 nitrogen and oxygen atoms in total. The first kappa shape index (κ1) is 24.0. The fourth-order valence-corrected chi connectivity index (χ4v) is 4.54. The lowest BCUT2D eigenvalue weighted by molar-refractivity contribution is -0.122. The van der Waals surface area contributed by atoms with Crippen molar-refractivity contribution in [3.63, 3.8) is 0 Å². The SMILES string of the molecule is COc1ccc2c(c1)C(=O)N(C[C@@]1(C#Cc3ccc(C(=N)N4CCC(=O)CC4)nc3)NC(=O)NC1=O)C2. The van der Waals surface area contributed by atoms with E-state index >= 15 is 0 Å². The number of piperidine rings is 1. The highest BCUT2D eigenvalue weighted by Crippen LogP contribution is 2.28. The number of methoxy groups -OCH3 is 1. The molecule has 2 saturated heterocycles. The molecule has 3 N–H and O–H groups in total. The van der Waals surface area contributed by atoms with Gasteiger partial charge in [-0.3, -0.25) is 30.1 Å². The molecule has 0 bridgehead atoms. The van der Waals surface area contributed by atoms with Crippen molar-refractivity contribution in [3.05, 3.63) is 58.9 Å². The van der Waals surface area contributed by atoms with Crippen LogP contribution in [0.2, 0.25) is 0 Å². The summed E-state index contributed by atoms with van der Waals surface area (Å²) in [6.45, 7) is 1.11. The minimum absolute atomic E-state index is 0.142. The number of aromatic nitrogens is 1. The summed E-state index contributed by atoms with van der Waals surface area (Å²) in [5.41, 5.74) is 0.549. The van der Waals surface area contributed by atoms with Gasteiger partial charge in [-0.05, 0) is 29.8 Å². The van der Waals surface area contributed by atoms with Gasteiger partial charge in [-0.1, -0.05) is 17.9 Å². The highest BCUT2D eigenvalue weighted by Gasteiger charge is 2.48. The van der Waals surface area contributed by atoms with E-state index in [9.17, 15) is 19.2 Å². The molecular weight excluding hydrogens is 476 g/mol. The van der Waals surface area contributed by atoms with E-state index in [1.54, 1.807) is 30.3 Å². The third-order valence-corrected chi connectivity index (χ3v) is 6.63. The molecule has 37 heavy (non-hydrogen) atoms. The second-order valence-corrected chi connectivity index (χ2v) is 9.05. The van der Waals surface area contributed by atoms with Gasteiger partial charge in [0.2, 0.25) is 5.54 Å².